The van der Waals surface area contributed by atoms with Crippen LogP contribution in [0.5, 0.6) is 5.75 Å². The number of amides is 1. The Morgan fingerprint density at radius 3 is 2.28 bits per heavy atom. The molecule has 0 saturated carbocycles. The largest absolute Gasteiger partial charge is 0.487 e. The fourth-order valence-electron chi connectivity index (χ4n) is 2.18. The molecule has 0 aliphatic heterocycles. The number of carboxylic acid groups (broad SMARTS) is 1. The maximum Gasteiger partial charge on any atom is 0.394 e. The molecule has 0 aromatic heterocycles. The number of carboxylic acids is 1. The van der Waals surface area contributed by atoms with Crippen molar-refractivity contribution in [2.45, 2.75) is 13.5 Å². The number of benzene rings is 2. The Balaban J connectivity index is 2.24. The molecule has 2 aromatic carbocycles. The van der Waals surface area contributed by atoms with Crippen molar-refractivity contribution in [3.63, 3.8) is 0 Å². The van der Waals surface area contributed by atoms with Crippen LogP contribution in [-0.4, -0.2) is 23.5 Å². The van der Waals surface area contributed by atoms with Crippen molar-refractivity contribution < 1.29 is 19.4 Å². The highest BCUT2D eigenvalue weighted by Crippen LogP contribution is 2.38. The number of rotatable bonds is 5. The molecule has 8 heteroatoms. The van der Waals surface area contributed by atoms with Gasteiger partial charge in [0.25, 0.3) is 0 Å². The Morgan fingerprint density at radius 2 is 1.76 bits per heavy atom. The highest BCUT2D eigenvalue weighted by molar-refractivity contribution is 9.11. The van der Waals surface area contributed by atoms with Crippen molar-refractivity contribution in [1.82, 2.24) is 0 Å². The fourth-order valence-corrected chi connectivity index (χ4v) is 4.02. The van der Waals surface area contributed by atoms with E-state index in [-0.39, 0.29) is 6.54 Å². The van der Waals surface area contributed by atoms with Crippen LogP contribution in [0.3, 0.4) is 0 Å². The van der Waals surface area contributed by atoms with E-state index in [9.17, 15) is 9.59 Å². The average molecular weight is 536 g/mol. The number of nitrogens with zero attached hydrogens (tertiary/aromatic N) is 1. The number of likely N-dealkylation sites (N-methyl/N-ethyl adjacent to an activating group) is 1. The van der Waals surface area contributed by atoms with Gasteiger partial charge in [0.05, 0.1) is 8.95 Å². The third-order valence-electron chi connectivity index (χ3n) is 3.31. The van der Waals surface area contributed by atoms with Gasteiger partial charge in [0, 0.05) is 16.7 Å². The lowest BCUT2D eigenvalue weighted by molar-refractivity contribution is -0.148. The summed E-state index contributed by atoms with van der Waals surface area (Å²) in [5.74, 6) is -1.91. The first-order valence-corrected chi connectivity index (χ1v) is 9.62. The van der Waals surface area contributed by atoms with Gasteiger partial charge in [-0.15, -0.1) is 0 Å². The van der Waals surface area contributed by atoms with Crippen LogP contribution in [-0.2, 0) is 16.2 Å². The number of hydrogen-bond donors (Lipinski definition) is 1. The minimum Gasteiger partial charge on any atom is -0.487 e. The van der Waals surface area contributed by atoms with E-state index in [0.29, 0.717) is 27.0 Å². The van der Waals surface area contributed by atoms with Crippen LogP contribution in [0.4, 0.5) is 5.69 Å². The summed E-state index contributed by atoms with van der Waals surface area (Å²) in [5.41, 5.74) is 1.46. The summed E-state index contributed by atoms with van der Waals surface area (Å²) >= 11 is 10.3. The van der Waals surface area contributed by atoms with Crippen molar-refractivity contribution in [3.8, 4) is 5.75 Å². The number of anilines is 1. The summed E-state index contributed by atoms with van der Waals surface area (Å²) in [4.78, 5) is 23.9. The zero-order valence-electron chi connectivity index (χ0n) is 13.1. The van der Waals surface area contributed by atoms with Gasteiger partial charge < -0.3 is 14.7 Å². The highest BCUT2D eigenvalue weighted by atomic mass is 79.9. The fraction of sp³-hybridized carbons (Fsp3) is 0.176. The summed E-state index contributed by atoms with van der Waals surface area (Å²) in [6.45, 7) is 2.31. The summed E-state index contributed by atoms with van der Waals surface area (Å²) in [6.07, 6.45) is 0. The van der Waals surface area contributed by atoms with E-state index in [1.807, 2.05) is 24.3 Å². The summed E-state index contributed by atoms with van der Waals surface area (Å²) < 4.78 is 8.04. The third-order valence-corrected chi connectivity index (χ3v) is 4.98. The van der Waals surface area contributed by atoms with E-state index < -0.39 is 11.9 Å². The molecule has 0 saturated heterocycles. The first-order chi connectivity index (χ1) is 11.8. The molecule has 0 atom stereocenters. The Labute approximate surface area is 170 Å². The minimum absolute atomic E-state index is 0.238. The van der Waals surface area contributed by atoms with Crippen molar-refractivity contribution in [2.24, 2.45) is 0 Å². The molecule has 0 aliphatic carbocycles. The van der Waals surface area contributed by atoms with Gasteiger partial charge in [-0.25, -0.2) is 4.79 Å². The summed E-state index contributed by atoms with van der Waals surface area (Å²) in [7, 11) is 0. The first kappa shape index (κ1) is 19.9. The molecular formula is C17H14Br3NO4. The predicted molar refractivity (Wildman–Crippen MR) is 106 cm³/mol. The maximum absolute atomic E-state index is 11.8. The lowest BCUT2D eigenvalue weighted by Gasteiger charge is -2.21. The van der Waals surface area contributed by atoms with Gasteiger partial charge >= 0.3 is 11.9 Å². The highest BCUT2D eigenvalue weighted by Gasteiger charge is 2.23. The molecule has 132 valence electrons. The number of halogens is 3. The Bertz CT molecular complexity index is 787. The van der Waals surface area contributed by atoms with Gasteiger partial charge in [-0.1, -0.05) is 28.1 Å². The van der Waals surface area contributed by atoms with E-state index in [2.05, 4.69) is 47.8 Å². The standard InChI is InChI=1S/C17H14Br3NO4/c1-2-21(16(22)17(23)24)12-7-13(19)15(14(20)8-12)25-9-10-4-3-5-11(18)6-10/h3-8H,2,9H2,1H3,(H,23,24). The minimum atomic E-state index is -1.50. The molecule has 0 aliphatic rings. The SMILES string of the molecule is CCN(C(=O)C(=O)O)c1cc(Br)c(OCc2cccc(Br)c2)c(Br)c1. The molecule has 0 spiro atoms. The third kappa shape index (κ3) is 5.05. The van der Waals surface area contributed by atoms with E-state index in [1.165, 1.54) is 4.90 Å². The van der Waals surface area contributed by atoms with Crippen LogP contribution in [0, 0.1) is 0 Å². The van der Waals surface area contributed by atoms with E-state index in [1.54, 1.807) is 19.1 Å². The van der Waals surface area contributed by atoms with Crippen molar-refractivity contribution in [3.05, 3.63) is 55.4 Å². The van der Waals surface area contributed by atoms with Crippen LogP contribution in [0.1, 0.15) is 12.5 Å². The number of ether oxygens (including phenoxy) is 1. The van der Waals surface area contributed by atoms with E-state index >= 15 is 0 Å². The number of hydrogen-bond acceptors (Lipinski definition) is 3. The van der Waals surface area contributed by atoms with Crippen molar-refractivity contribution in [1.29, 1.82) is 0 Å². The van der Waals surface area contributed by atoms with Gasteiger partial charge in [-0.2, -0.15) is 0 Å². The van der Waals surface area contributed by atoms with Gasteiger partial charge in [0.2, 0.25) is 0 Å². The normalized spacial score (nSPS) is 10.4. The molecule has 0 heterocycles. The van der Waals surface area contributed by atoms with Crippen LogP contribution in [0.25, 0.3) is 0 Å². The van der Waals surface area contributed by atoms with Gasteiger partial charge in [0.1, 0.15) is 12.4 Å². The number of aliphatic carboxylic acids is 1. The van der Waals surface area contributed by atoms with Crippen LogP contribution in [0.15, 0.2) is 49.8 Å². The van der Waals surface area contributed by atoms with Gasteiger partial charge in [-0.3, -0.25) is 4.79 Å². The first-order valence-electron chi connectivity index (χ1n) is 7.24. The second-order valence-corrected chi connectivity index (χ2v) is 7.64. The molecule has 2 aromatic rings. The topological polar surface area (TPSA) is 66.8 Å². The second kappa shape index (κ2) is 8.82. The zero-order chi connectivity index (χ0) is 18.6. The average Bonchev–Trinajstić information content (AvgIpc) is 2.54. The number of carbonyl (C=O) groups is 2. The summed E-state index contributed by atoms with van der Waals surface area (Å²) in [5, 5.41) is 8.93. The smallest absolute Gasteiger partial charge is 0.394 e. The molecule has 0 fully saturated rings. The predicted octanol–water partition coefficient (Wildman–Crippen LogP) is 4.99. The molecule has 2 rings (SSSR count). The Hall–Kier alpha value is -1.38. The molecule has 5 nitrogen and oxygen atoms in total. The summed E-state index contributed by atoms with van der Waals surface area (Å²) in [6, 6.07) is 11.1. The monoisotopic (exact) mass is 533 g/mol. The number of carbonyl (C=O) groups excluding carboxylic acids is 1. The Morgan fingerprint density at radius 1 is 1.12 bits per heavy atom. The Kier molecular flexibility index (Phi) is 7.04. The second-order valence-electron chi connectivity index (χ2n) is 5.01. The van der Waals surface area contributed by atoms with Crippen molar-refractivity contribution in [2.75, 3.05) is 11.4 Å². The van der Waals surface area contributed by atoms with Gasteiger partial charge in [0.15, 0.2) is 0 Å². The van der Waals surface area contributed by atoms with Crippen LogP contribution in [0.2, 0.25) is 0 Å². The van der Waals surface area contributed by atoms with E-state index in [4.69, 9.17) is 9.84 Å². The lowest BCUT2D eigenvalue weighted by Crippen LogP contribution is -2.36. The van der Waals surface area contributed by atoms with Crippen LogP contribution >= 0.6 is 47.8 Å². The van der Waals surface area contributed by atoms with E-state index in [0.717, 1.165) is 10.0 Å². The zero-order valence-corrected chi connectivity index (χ0v) is 17.9. The lowest BCUT2D eigenvalue weighted by atomic mass is 10.2. The maximum atomic E-state index is 11.8. The van der Waals surface area contributed by atoms with Crippen molar-refractivity contribution >= 4 is 65.4 Å². The molecule has 0 bridgehead atoms. The molecule has 0 radical (unpaired) electrons. The molecule has 1 N–H and O–H groups in total. The molecule has 0 unspecified atom stereocenters. The van der Waals surface area contributed by atoms with Gasteiger partial charge in [-0.05, 0) is 68.6 Å². The van der Waals surface area contributed by atoms with Crippen LogP contribution < -0.4 is 9.64 Å². The molecule has 25 heavy (non-hydrogen) atoms. The molecular weight excluding hydrogens is 522 g/mol. The molecule has 1 amide bonds. The quantitative estimate of drug-likeness (QED) is 0.548.